The molecule has 1 amide bonds. The Labute approximate surface area is 178 Å². The Balaban J connectivity index is 2.12. The first kappa shape index (κ1) is 22.1. The lowest BCUT2D eigenvalue weighted by Crippen LogP contribution is -2.46. The van der Waals surface area contributed by atoms with Crippen LogP contribution in [-0.4, -0.2) is 52.3 Å². The maximum Gasteiger partial charge on any atom is 0.352 e. The van der Waals surface area contributed by atoms with Crippen LogP contribution in [0.3, 0.4) is 0 Å². The molecule has 3 aromatic rings. The average molecular weight is 425 g/mol. The van der Waals surface area contributed by atoms with Crippen LogP contribution >= 0.6 is 0 Å². The number of aryl methyl sites for hydroxylation is 1. The fourth-order valence-corrected chi connectivity index (χ4v) is 2.92. The van der Waals surface area contributed by atoms with Crippen LogP contribution < -0.4 is 16.6 Å². The zero-order valence-corrected chi connectivity index (χ0v) is 17.6. The summed E-state index contributed by atoms with van der Waals surface area (Å²) in [4.78, 5) is 40.6. The third kappa shape index (κ3) is 5.13. The molecule has 0 aliphatic rings. The van der Waals surface area contributed by atoms with Gasteiger partial charge in [-0.2, -0.15) is 9.78 Å². The summed E-state index contributed by atoms with van der Waals surface area (Å²) in [5, 5.41) is 6.63. The van der Waals surface area contributed by atoms with Crippen molar-refractivity contribution in [3.05, 3.63) is 92.0 Å². The van der Waals surface area contributed by atoms with Crippen molar-refractivity contribution in [1.29, 1.82) is 0 Å². The molecule has 1 heterocycles. The molecule has 0 atom stereocenters. The molecule has 0 spiro atoms. The van der Waals surface area contributed by atoms with Gasteiger partial charge < -0.3 is 10.2 Å². The third-order valence-electron chi connectivity index (χ3n) is 4.70. The molecule has 0 radical (unpaired) electrons. The summed E-state index contributed by atoms with van der Waals surface area (Å²) < 4.78 is 15.9. The van der Waals surface area contributed by atoms with Gasteiger partial charge in [0.05, 0.1) is 12.2 Å². The van der Waals surface area contributed by atoms with E-state index in [9.17, 15) is 18.8 Å². The van der Waals surface area contributed by atoms with E-state index in [1.165, 1.54) is 12.1 Å². The van der Waals surface area contributed by atoms with Crippen molar-refractivity contribution in [2.24, 2.45) is 0 Å². The number of amides is 1. The van der Waals surface area contributed by atoms with Crippen LogP contribution in [0.15, 0.2) is 58.1 Å². The second-order valence-electron chi connectivity index (χ2n) is 7.41. The normalized spacial score (nSPS) is 11.0. The number of hydrogen-bond donors (Lipinski definition) is 1. The highest BCUT2D eigenvalue weighted by molar-refractivity contribution is 5.91. The third-order valence-corrected chi connectivity index (χ3v) is 4.70. The van der Waals surface area contributed by atoms with Gasteiger partial charge in [-0.25, -0.2) is 9.18 Å². The Morgan fingerprint density at radius 1 is 1.13 bits per heavy atom. The van der Waals surface area contributed by atoms with Crippen molar-refractivity contribution in [3.63, 3.8) is 0 Å². The molecular formula is C22H24FN5O3. The minimum Gasteiger partial charge on any atom is -0.349 e. The molecule has 0 saturated heterocycles. The van der Waals surface area contributed by atoms with Gasteiger partial charge in [-0.15, -0.1) is 0 Å². The molecule has 0 saturated carbocycles. The SMILES string of the molecule is Cc1ccc(-n2nc(C(=O)NCCN(C)C)c(=O)n(Cc3ccccc3)c2=O)cc1F. The van der Waals surface area contributed by atoms with Crippen molar-refractivity contribution >= 4 is 5.91 Å². The second kappa shape index (κ2) is 9.48. The van der Waals surface area contributed by atoms with Gasteiger partial charge in [-0.1, -0.05) is 36.4 Å². The van der Waals surface area contributed by atoms with Crippen molar-refractivity contribution in [3.8, 4) is 5.69 Å². The Morgan fingerprint density at radius 2 is 1.84 bits per heavy atom. The first-order valence-corrected chi connectivity index (χ1v) is 9.75. The monoisotopic (exact) mass is 425 g/mol. The van der Waals surface area contributed by atoms with Gasteiger partial charge in [0.2, 0.25) is 5.69 Å². The number of carbonyl (C=O) groups excluding carboxylic acids is 1. The fourth-order valence-electron chi connectivity index (χ4n) is 2.92. The van der Waals surface area contributed by atoms with Crippen LogP contribution in [0.5, 0.6) is 0 Å². The fraction of sp³-hybridized carbons (Fsp3) is 0.273. The first-order valence-electron chi connectivity index (χ1n) is 9.75. The number of nitrogens with zero attached hydrogens (tertiary/aromatic N) is 4. The molecule has 0 bridgehead atoms. The number of carbonyl (C=O) groups is 1. The van der Waals surface area contributed by atoms with E-state index >= 15 is 0 Å². The molecule has 0 aliphatic carbocycles. The van der Waals surface area contributed by atoms with Crippen LogP contribution in [0, 0.1) is 12.7 Å². The van der Waals surface area contributed by atoms with E-state index in [2.05, 4.69) is 10.4 Å². The quantitative estimate of drug-likeness (QED) is 0.614. The predicted molar refractivity (Wildman–Crippen MR) is 115 cm³/mol. The molecule has 0 unspecified atom stereocenters. The number of halogens is 1. The number of hydrogen-bond acceptors (Lipinski definition) is 5. The molecule has 2 aromatic carbocycles. The van der Waals surface area contributed by atoms with Gasteiger partial charge in [-0.3, -0.25) is 14.2 Å². The van der Waals surface area contributed by atoms with Gasteiger partial charge >= 0.3 is 5.69 Å². The molecule has 0 fully saturated rings. The summed E-state index contributed by atoms with van der Waals surface area (Å²) in [6.45, 7) is 2.40. The van der Waals surface area contributed by atoms with Crippen molar-refractivity contribution in [2.45, 2.75) is 13.5 Å². The second-order valence-corrected chi connectivity index (χ2v) is 7.41. The Hall–Kier alpha value is -3.59. The molecule has 31 heavy (non-hydrogen) atoms. The summed E-state index contributed by atoms with van der Waals surface area (Å²) >= 11 is 0. The van der Waals surface area contributed by atoms with Gasteiger partial charge in [-0.05, 0) is 38.2 Å². The maximum atomic E-state index is 14.1. The maximum absolute atomic E-state index is 14.1. The average Bonchev–Trinajstić information content (AvgIpc) is 2.74. The van der Waals surface area contributed by atoms with E-state index in [4.69, 9.17) is 0 Å². The standard InChI is InChI=1S/C22H24FN5O3/c1-15-9-10-17(13-18(15)23)28-22(31)27(14-16-7-5-4-6-8-16)21(30)19(25-28)20(29)24-11-12-26(2)3/h4-10,13H,11-12,14H2,1-3H3,(H,24,29). The predicted octanol–water partition coefficient (Wildman–Crippen LogP) is 1.18. The van der Waals surface area contributed by atoms with Crippen LogP contribution in [-0.2, 0) is 6.54 Å². The van der Waals surface area contributed by atoms with Crippen molar-refractivity contribution in [1.82, 2.24) is 24.6 Å². The number of likely N-dealkylation sites (N-methyl/N-ethyl adjacent to an activating group) is 1. The molecule has 3 rings (SSSR count). The summed E-state index contributed by atoms with van der Waals surface area (Å²) in [5.41, 5.74) is -0.779. The molecular weight excluding hydrogens is 401 g/mol. The van der Waals surface area contributed by atoms with Gasteiger partial charge in [0, 0.05) is 19.2 Å². The van der Waals surface area contributed by atoms with Crippen LogP contribution in [0.4, 0.5) is 4.39 Å². The highest BCUT2D eigenvalue weighted by Gasteiger charge is 2.20. The van der Waals surface area contributed by atoms with E-state index in [0.717, 1.165) is 15.3 Å². The van der Waals surface area contributed by atoms with E-state index < -0.39 is 28.7 Å². The highest BCUT2D eigenvalue weighted by Crippen LogP contribution is 2.11. The van der Waals surface area contributed by atoms with E-state index in [-0.39, 0.29) is 12.2 Å². The lowest BCUT2D eigenvalue weighted by Gasteiger charge is -2.13. The number of nitrogens with one attached hydrogen (secondary N) is 1. The van der Waals surface area contributed by atoms with Crippen LogP contribution in [0.2, 0.25) is 0 Å². The molecule has 0 aliphatic heterocycles. The number of aromatic nitrogens is 3. The molecule has 1 N–H and O–H groups in total. The zero-order valence-electron chi connectivity index (χ0n) is 17.6. The van der Waals surface area contributed by atoms with Crippen LogP contribution in [0.25, 0.3) is 5.69 Å². The zero-order chi connectivity index (χ0) is 22.5. The molecule has 9 heteroatoms. The lowest BCUT2D eigenvalue weighted by atomic mass is 10.2. The topological polar surface area (TPSA) is 89.2 Å². The van der Waals surface area contributed by atoms with Crippen molar-refractivity contribution < 1.29 is 9.18 Å². The Bertz CT molecular complexity index is 1200. The minimum absolute atomic E-state index is 0.0483. The smallest absolute Gasteiger partial charge is 0.349 e. The van der Waals surface area contributed by atoms with E-state index in [1.807, 2.05) is 25.1 Å². The van der Waals surface area contributed by atoms with Gasteiger partial charge in [0.1, 0.15) is 5.82 Å². The summed E-state index contributed by atoms with van der Waals surface area (Å²) in [5.74, 6) is -1.22. The molecule has 1 aromatic heterocycles. The minimum atomic E-state index is -0.806. The summed E-state index contributed by atoms with van der Waals surface area (Å²) in [6.07, 6.45) is 0. The molecule has 162 valence electrons. The van der Waals surface area contributed by atoms with Crippen molar-refractivity contribution in [2.75, 3.05) is 27.2 Å². The summed E-state index contributed by atoms with van der Waals surface area (Å²) in [6, 6.07) is 13.1. The molecule has 8 nitrogen and oxygen atoms in total. The number of rotatable bonds is 7. The number of benzene rings is 2. The van der Waals surface area contributed by atoms with E-state index in [0.29, 0.717) is 24.2 Å². The lowest BCUT2D eigenvalue weighted by molar-refractivity contribution is 0.0941. The van der Waals surface area contributed by atoms with Gasteiger partial charge in [0.25, 0.3) is 11.5 Å². The van der Waals surface area contributed by atoms with Crippen LogP contribution in [0.1, 0.15) is 21.6 Å². The van der Waals surface area contributed by atoms with E-state index in [1.54, 1.807) is 31.2 Å². The first-order chi connectivity index (χ1) is 14.8. The Kier molecular flexibility index (Phi) is 6.76. The van der Waals surface area contributed by atoms with Gasteiger partial charge in [0.15, 0.2) is 0 Å². The Morgan fingerprint density at radius 3 is 2.48 bits per heavy atom. The summed E-state index contributed by atoms with van der Waals surface area (Å²) in [7, 11) is 3.70. The largest absolute Gasteiger partial charge is 0.352 e. The highest BCUT2D eigenvalue weighted by atomic mass is 19.1.